The topological polar surface area (TPSA) is 43.8 Å². The van der Waals surface area contributed by atoms with Crippen molar-refractivity contribution in [1.82, 2.24) is 9.55 Å². The molecular weight excluding hydrogens is 273 g/mol. The van der Waals surface area contributed by atoms with E-state index >= 15 is 0 Å². The lowest BCUT2D eigenvalue weighted by Crippen LogP contribution is -2.10. The Bertz CT molecular complexity index is 508. The maximum absolute atomic E-state index is 13.0. The normalized spacial score (nSPS) is 12.8. The third-order valence-corrected chi connectivity index (χ3v) is 2.94. The number of benzene rings is 1. The van der Waals surface area contributed by atoms with Crippen LogP contribution < -0.4 is 5.73 Å². The van der Waals surface area contributed by atoms with Gasteiger partial charge in [-0.15, -0.1) is 0 Å². The zero-order valence-electron chi connectivity index (χ0n) is 8.69. The predicted octanol–water partition coefficient (Wildman–Crippen LogP) is 2.79. The van der Waals surface area contributed by atoms with Crippen molar-refractivity contribution >= 4 is 15.9 Å². The molecule has 5 heteroatoms. The first-order chi connectivity index (χ1) is 7.59. The highest BCUT2D eigenvalue weighted by atomic mass is 79.9. The number of aromatic nitrogens is 2. The van der Waals surface area contributed by atoms with Gasteiger partial charge in [0, 0.05) is 10.5 Å². The summed E-state index contributed by atoms with van der Waals surface area (Å²) in [4.78, 5) is 4.05. The molecule has 0 radical (unpaired) electrons. The van der Waals surface area contributed by atoms with E-state index in [4.69, 9.17) is 5.73 Å². The lowest BCUT2D eigenvalue weighted by molar-refractivity contribution is 0.626. The first-order valence-corrected chi connectivity index (χ1v) is 5.62. The molecule has 1 atom stereocenters. The van der Waals surface area contributed by atoms with Crippen LogP contribution in [0.5, 0.6) is 0 Å². The molecule has 16 heavy (non-hydrogen) atoms. The molecular formula is C11H11BrFN3. The SMILES string of the molecule is CC(N)c1cncn1-c1ccc(F)cc1Br. The molecule has 84 valence electrons. The molecule has 0 aliphatic rings. The fourth-order valence-corrected chi connectivity index (χ4v) is 2.06. The molecule has 0 aliphatic heterocycles. The van der Waals surface area contributed by atoms with Crippen molar-refractivity contribution in [2.75, 3.05) is 0 Å². The van der Waals surface area contributed by atoms with Gasteiger partial charge in [0.05, 0.1) is 23.9 Å². The third kappa shape index (κ3) is 2.01. The van der Waals surface area contributed by atoms with Crippen LogP contribution in [0.15, 0.2) is 35.2 Å². The number of hydrogen-bond donors (Lipinski definition) is 1. The van der Waals surface area contributed by atoms with Crippen LogP contribution in [0.4, 0.5) is 4.39 Å². The van der Waals surface area contributed by atoms with Crippen molar-refractivity contribution in [1.29, 1.82) is 0 Å². The number of halogens is 2. The van der Waals surface area contributed by atoms with E-state index in [1.165, 1.54) is 12.1 Å². The molecule has 2 N–H and O–H groups in total. The van der Waals surface area contributed by atoms with Crippen LogP contribution in [0.2, 0.25) is 0 Å². The van der Waals surface area contributed by atoms with Crippen molar-refractivity contribution < 1.29 is 4.39 Å². The van der Waals surface area contributed by atoms with Gasteiger partial charge in [0.25, 0.3) is 0 Å². The summed E-state index contributed by atoms with van der Waals surface area (Å²) >= 11 is 3.32. The van der Waals surface area contributed by atoms with Crippen molar-refractivity contribution in [3.63, 3.8) is 0 Å². The zero-order valence-corrected chi connectivity index (χ0v) is 10.3. The molecule has 0 saturated carbocycles. The van der Waals surface area contributed by atoms with Crippen molar-refractivity contribution in [3.8, 4) is 5.69 Å². The second-order valence-electron chi connectivity index (χ2n) is 3.57. The van der Waals surface area contributed by atoms with Crippen molar-refractivity contribution in [3.05, 3.63) is 46.7 Å². The Labute approximate surface area is 101 Å². The van der Waals surface area contributed by atoms with Gasteiger partial charge in [-0.25, -0.2) is 9.37 Å². The molecule has 0 amide bonds. The Morgan fingerprint density at radius 2 is 2.25 bits per heavy atom. The van der Waals surface area contributed by atoms with Crippen LogP contribution in [-0.4, -0.2) is 9.55 Å². The van der Waals surface area contributed by atoms with E-state index in [1.807, 2.05) is 11.5 Å². The summed E-state index contributed by atoms with van der Waals surface area (Å²) in [5.74, 6) is -0.280. The summed E-state index contributed by atoms with van der Waals surface area (Å²) in [6.07, 6.45) is 3.37. The van der Waals surface area contributed by atoms with Crippen LogP contribution in [0.3, 0.4) is 0 Å². The highest BCUT2D eigenvalue weighted by molar-refractivity contribution is 9.10. The molecule has 1 aromatic carbocycles. The highest BCUT2D eigenvalue weighted by Crippen LogP contribution is 2.24. The van der Waals surface area contributed by atoms with Gasteiger partial charge in [-0.3, -0.25) is 0 Å². The Kier molecular flexibility index (Phi) is 3.07. The number of nitrogens with two attached hydrogens (primary N) is 1. The average Bonchev–Trinajstić information content (AvgIpc) is 2.66. The fraction of sp³-hybridized carbons (Fsp3) is 0.182. The summed E-state index contributed by atoms with van der Waals surface area (Å²) in [5.41, 5.74) is 7.53. The lowest BCUT2D eigenvalue weighted by Gasteiger charge is -2.12. The second-order valence-corrected chi connectivity index (χ2v) is 4.43. The number of hydrogen-bond acceptors (Lipinski definition) is 2. The minimum Gasteiger partial charge on any atom is -0.323 e. The van der Waals surface area contributed by atoms with Crippen LogP contribution >= 0.6 is 15.9 Å². The van der Waals surface area contributed by atoms with Gasteiger partial charge in [0.1, 0.15) is 5.82 Å². The number of rotatable bonds is 2. The zero-order chi connectivity index (χ0) is 11.7. The van der Waals surface area contributed by atoms with E-state index in [2.05, 4.69) is 20.9 Å². The van der Waals surface area contributed by atoms with Crippen LogP contribution in [0.25, 0.3) is 5.69 Å². The predicted molar refractivity (Wildman–Crippen MR) is 63.8 cm³/mol. The first-order valence-electron chi connectivity index (χ1n) is 4.83. The molecule has 1 aromatic heterocycles. The van der Waals surface area contributed by atoms with Gasteiger partial charge in [0.2, 0.25) is 0 Å². The molecule has 0 saturated heterocycles. The standard InChI is InChI=1S/C11H11BrFN3/c1-7(14)11-5-15-6-16(11)10-3-2-8(13)4-9(10)12/h2-7H,14H2,1H3. The van der Waals surface area contributed by atoms with E-state index in [0.29, 0.717) is 4.47 Å². The summed E-state index contributed by atoms with van der Waals surface area (Å²) in [5, 5.41) is 0. The maximum atomic E-state index is 13.0. The third-order valence-electron chi connectivity index (χ3n) is 2.30. The van der Waals surface area contributed by atoms with Crippen LogP contribution in [0.1, 0.15) is 18.7 Å². The number of imidazole rings is 1. The molecule has 1 unspecified atom stereocenters. The highest BCUT2D eigenvalue weighted by Gasteiger charge is 2.11. The maximum Gasteiger partial charge on any atom is 0.124 e. The number of nitrogens with zero attached hydrogens (tertiary/aromatic N) is 2. The Balaban J connectivity index is 2.54. The monoisotopic (exact) mass is 283 g/mol. The molecule has 0 spiro atoms. The van der Waals surface area contributed by atoms with Gasteiger partial charge < -0.3 is 10.3 Å². The summed E-state index contributed by atoms with van der Waals surface area (Å²) < 4.78 is 15.5. The quantitative estimate of drug-likeness (QED) is 0.921. The minimum absolute atomic E-state index is 0.126. The van der Waals surface area contributed by atoms with Crippen LogP contribution in [-0.2, 0) is 0 Å². The summed E-state index contributed by atoms with van der Waals surface area (Å²) in [6, 6.07) is 4.39. The Morgan fingerprint density at radius 3 is 2.88 bits per heavy atom. The van der Waals surface area contributed by atoms with Crippen molar-refractivity contribution in [2.24, 2.45) is 5.73 Å². The van der Waals surface area contributed by atoms with E-state index in [0.717, 1.165) is 11.4 Å². The Morgan fingerprint density at radius 1 is 1.50 bits per heavy atom. The summed E-state index contributed by atoms with van der Waals surface area (Å²) in [7, 11) is 0. The molecule has 0 bridgehead atoms. The summed E-state index contributed by atoms with van der Waals surface area (Å²) in [6.45, 7) is 1.88. The van der Waals surface area contributed by atoms with E-state index < -0.39 is 0 Å². The van der Waals surface area contributed by atoms with Crippen LogP contribution in [0, 0.1) is 5.82 Å². The molecule has 3 nitrogen and oxygen atoms in total. The molecule has 2 rings (SSSR count). The average molecular weight is 284 g/mol. The van der Waals surface area contributed by atoms with E-state index in [-0.39, 0.29) is 11.9 Å². The van der Waals surface area contributed by atoms with Gasteiger partial charge in [-0.05, 0) is 41.1 Å². The Hall–Kier alpha value is -1.20. The van der Waals surface area contributed by atoms with Crippen molar-refractivity contribution in [2.45, 2.75) is 13.0 Å². The largest absolute Gasteiger partial charge is 0.323 e. The minimum atomic E-state index is -0.280. The molecule has 0 aliphatic carbocycles. The van der Waals surface area contributed by atoms with Gasteiger partial charge in [-0.1, -0.05) is 0 Å². The van der Waals surface area contributed by atoms with Gasteiger partial charge in [0.15, 0.2) is 0 Å². The molecule has 1 heterocycles. The van der Waals surface area contributed by atoms with Gasteiger partial charge >= 0.3 is 0 Å². The van der Waals surface area contributed by atoms with Gasteiger partial charge in [-0.2, -0.15) is 0 Å². The molecule has 2 aromatic rings. The smallest absolute Gasteiger partial charge is 0.124 e. The first kappa shape index (κ1) is 11.3. The second kappa shape index (κ2) is 4.35. The lowest BCUT2D eigenvalue weighted by atomic mass is 10.2. The van der Waals surface area contributed by atoms with E-state index in [1.54, 1.807) is 18.6 Å². The van der Waals surface area contributed by atoms with E-state index in [9.17, 15) is 4.39 Å². The fourth-order valence-electron chi connectivity index (χ4n) is 1.52. The molecule has 0 fully saturated rings.